The highest BCUT2D eigenvalue weighted by atomic mass is 127. The Labute approximate surface area is 226 Å². The monoisotopic (exact) mass is 624 g/mol. The Kier molecular flexibility index (Phi) is 9.76. The lowest BCUT2D eigenvalue weighted by atomic mass is 10.2. The number of hydrogen-bond donors (Lipinski definition) is 1. The van der Waals surface area contributed by atoms with E-state index in [1.807, 2.05) is 25.1 Å². The van der Waals surface area contributed by atoms with Crippen molar-refractivity contribution in [1.29, 1.82) is 0 Å². The zero-order chi connectivity index (χ0) is 26.2. The smallest absolute Gasteiger partial charge is 0.326 e. The molecule has 2 aromatic rings. The van der Waals surface area contributed by atoms with Gasteiger partial charge in [0.05, 0.1) is 21.2 Å². The second-order valence-electron chi connectivity index (χ2n) is 7.77. The van der Waals surface area contributed by atoms with E-state index in [1.54, 1.807) is 44.2 Å². The first-order valence-corrected chi connectivity index (χ1v) is 13.0. The normalized spacial score (nSPS) is 14.4. The maximum Gasteiger partial charge on any atom is 0.326 e. The minimum atomic E-state index is -0.653. The summed E-state index contributed by atoms with van der Waals surface area (Å²) in [5, 5.41) is 2.21. The Bertz CT molecular complexity index is 1180. The second-order valence-corrected chi connectivity index (χ2v) is 9.93. The summed E-state index contributed by atoms with van der Waals surface area (Å²) in [6.07, 6.45) is 1.20. The first kappa shape index (κ1) is 27.5. The highest BCUT2D eigenvalue weighted by molar-refractivity contribution is 14.1. The van der Waals surface area contributed by atoms with Gasteiger partial charge in [-0.05, 0) is 91.0 Å². The number of esters is 1. The van der Waals surface area contributed by atoms with E-state index in [9.17, 15) is 19.2 Å². The number of carbonyl (C=O) groups excluding carboxylic acids is 4. The third-order valence-electron chi connectivity index (χ3n) is 4.56. The molecule has 0 unspecified atom stereocenters. The standard InChI is InChI=1S/C25H25IN2O7S/c1-4-33-19-11-16(12-20-24(31)28(25(32)36-20)13-22(30)35-15(2)3)10-18(26)23(19)34-14-21(29)27-17-8-6-5-7-9-17/h5-12,15H,4,13-14H2,1-3H3,(H,27,29)/b20-12+. The van der Waals surface area contributed by atoms with Crippen molar-refractivity contribution >= 4 is 69.1 Å². The molecule has 0 atom stereocenters. The number of ether oxygens (including phenoxy) is 3. The molecule has 11 heteroatoms. The molecule has 0 aliphatic carbocycles. The van der Waals surface area contributed by atoms with Gasteiger partial charge >= 0.3 is 5.97 Å². The molecular formula is C25H25IN2O7S. The average molecular weight is 624 g/mol. The summed E-state index contributed by atoms with van der Waals surface area (Å²) in [6.45, 7) is 4.86. The van der Waals surface area contributed by atoms with E-state index in [1.165, 1.54) is 0 Å². The number of hydrogen-bond acceptors (Lipinski definition) is 8. The molecule has 1 fully saturated rings. The van der Waals surface area contributed by atoms with E-state index in [0.717, 1.165) is 16.7 Å². The number of carbonyl (C=O) groups is 4. The van der Waals surface area contributed by atoms with Gasteiger partial charge in [0.15, 0.2) is 18.1 Å². The van der Waals surface area contributed by atoms with Crippen LogP contribution >= 0.6 is 34.4 Å². The quantitative estimate of drug-likeness (QED) is 0.230. The number of imide groups is 1. The fourth-order valence-electron chi connectivity index (χ4n) is 3.15. The lowest BCUT2D eigenvalue weighted by Gasteiger charge is -2.15. The molecule has 2 aromatic carbocycles. The van der Waals surface area contributed by atoms with Gasteiger partial charge in [0.1, 0.15) is 6.54 Å². The van der Waals surface area contributed by atoms with Gasteiger partial charge in [-0.25, -0.2) is 0 Å². The fourth-order valence-corrected chi connectivity index (χ4v) is 4.77. The van der Waals surface area contributed by atoms with Gasteiger partial charge in [0.2, 0.25) is 0 Å². The topological polar surface area (TPSA) is 111 Å². The van der Waals surface area contributed by atoms with E-state index in [4.69, 9.17) is 14.2 Å². The summed E-state index contributed by atoms with van der Waals surface area (Å²) in [4.78, 5) is 50.3. The lowest BCUT2D eigenvalue weighted by molar-refractivity contribution is -0.149. The van der Waals surface area contributed by atoms with Crippen LogP contribution < -0.4 is 14.8 Å². The van der Waals surface area contributed by atoms with Crippen LogP contribution in [0.4, 0.5) is 10.5 Å². The molecule has 1 aliphatic heterocycles. The Hall–Kier alpha value is -3.06. The van der Waals surface area contributed by atoms with Crippen LogP contribution in [0.25, 0.3) is 6.08 Å². The average Bonchev–Trinajstić information content (AvgIpc) is 3.06. The molecule has 190 valence electrons. The predicted octanol–water partition coefficient (Wildman–Crippen LogP) is 4.70. The van der Waals surface area contributed by atoms with Crippen molar-refractivity contribution in [3.8, 4) is 11.5 Å². The maximum atomic E-state index is 12.7. The highest BCUT2D eigenvalue weighted by Gasteiger charge is 2.37. The van der Waals surface area contributed by atoms with Crippen LogP contribution in [0.5, 0.6) is 11.5 Å². The number of para-hydroxylation sites is 1. The summed E-state index contributed by atoms with van der Waals surface area (Å²) >= 11 is 2.80. The van der Waals surface area contributed by atoms with Crippen LogP contribution in [-0.4, -0.2) is 53.8 Å². The van der Waals surface area contributed by atoms with Crippen molar-refractivity contribution < 1.29 is 33.4 Å². The molecule has 0 bridgehead atoms. The molecule has 9 nitrogen and oxygen atoms in total. The van der Waals surface area contributed by atoms with Gasteiger partial charge < -0.3 is 19.5 Å². The molecule has 1 saturated heterocycles. The van der Waals surface area contributed by atoms with Gasteiger partial charge in [-0.1, -0.05) is 18.2 Å². The van der Waals surface area contributed by atoms with E-state index < -0.39 is 23.7 Å². The van der Waals surface area contributed by atoms with Crippen LogP contribution in [0.15, 0.2) is 47.4 Å². The molecule has 0 saturated carbocycles. The van der Waals surface area contributed by atoms with Gasteiger partial charge in [-0.2, -0.15) is 0 Å². The number of rotatable bonds is 10. The Morgan fingerprint density at radius 3 is 2.53 bits per heavy atom. The third kappa shape index (κ3) is 7.47. The number of amides is 3. The van der Waals surface area contributed by atoms with E-state index in [0.29, 0.717) is 32.9 Å². The second kappa shape index (κ2) is 12.8. The van der Waals surface area contributed by atoms with Crippen molar-refractivity contribution in [2.24, 2.45) is 0 Å². The van der Waals surface area contributed by atoms with Gasteiger partial charge in [-0.15, -0.1) is 0 Å². The summed E-state index contributed by atoms with van der Waals surface area (Å²) in [5.74, 6) is -0.769. The van der Waals surface area contributed by atoms with Crippen molar-refractivity contribution in [3.63, 3.8) is 0 Å². The zero-order valence-corrected chi connectivity index (χ0v) is 22.9. The van der Waals surface area contributed by atoms with Gasteiger partial charge in [-0.3, -0.25) is 24.1 Å². The zero-order valence-electron chi connectivity index (χ0n) is 19.9. The van der Waals surface area contributed by atoms with Crippen LogP contribution in [0, 0.1) is 3.57 Å². The lowest BCUT2D eigenvalue weighted by Crippen LogP contribution is -2.35. The van der Waals surface area contributed by atoms with E-state index in [-0.39, 0.29) is 23.5 Å². The maximum absolute atomic E-state index is 12.7. The summed E-state index contributed by atoms with van der Waals surface area (Å²) in [7, 11) is 0. The van der Waals surface area contributed by atoms with Crippen LogP contribution in [-0.2, 0) is 19.1 Å². The van der Waals surface area contributed by atoms with Crippen LogP contribution in [0.3, 0.4) is 0 Å². The molecule has 1 N–H and O–H groups in total. The largest absolute Gasteiger partial charge is 0.490 e. The Balaban J connectivity index is 1.74. The molecule has 0 aromatic heterocycles. The van der Waals surface area contributed by atoms with Gasteiger partial charge in [0.25, 0.3) is 17.1 Å². The number of anilines is 1. The van der Waals surface area contributed by atoms with Crippen molar-refractivity contribution in [1.82, 2.24) is 4.90 Å². The Morgan fingerprint density at radius 1 is 1.14 bits per heavy atom. The summed E-state index contributed by atoms with van der Waals surface area (Å²) in [5.41, 5.74) is 1.26. The minimum absolute atomic E-state index is 0.173. The molecule has 0 spiro atoms. The molecule has 3 amide bonds. The van der Waals surface area contributed by atoms with Gasteiger partial charge in [0, 0.05) is 5.69 Å². The summed E-state index contributed by atoms with van der Waals surface area (Å²) in [6, 6.07) is 12.4. The SMILES string of the molecule is CCOc1cc(/C=C2/SC(=O)N(CC(=O)OC(C)C)C2=O)cc(I)c1OCC(=O)Nc1ccccc1. The number of benzene rings is 2. The highest BCUT2D eigenvalue weighted by Crippen LogP contribution is 2.37. The molecular weight excluding hydrogens is 599 g/mol. The molecule has 1 aliphatic rings. The number of halogens is 1. The minimum Gasteiger partial charge on any atom is -0.490 e. The molecule has 0 radical (unpaired) electrons. The molecule has 36 heavy (non-hydrogen) atoms. The number of thioether (sulfide) groups is 1. The Morgan fingerprint density at radius 2 is 1.86 bits per heavy atom. The predicted molar refractivity (Wildman–Crippen MR) is 145 cm³/mol. The van der Waals surface area contributed by atoms with Crippen molar-refractivity contribution in [3.05, 3.63) is 56.5 Å². The first-order valence-electron chi connectivity index (χ1n) is 11.1. The summed E-state index contributed by atoms with van der Waals surface area (Å²) < 4.78 is 17.2. The third-order valence-corrected chi connectivity index (χ3v) is 6.27. The van der Waals surface area contributed by atoms with E-state index >= 15 is 0 Å². The number of nitrogens with zero attached hydrogens (tertiary/aromatic N) is 1. The van der Waals surface area contributed by atoms with Crippen LogP contribution in [0.1, 0.15) is 26.3 Å². The number of nitrogens with one attached hydrogen (secondary N) is 1. The molecule has 1 heterocycles. The van der Waals surface area contributed by atoms with E-state index in [2.05, 4.69) is 27.9 Å². The molecule has 3 rings (SSSR count). The van der Waals surface area contributed by atoms with Crippen molar-refractivity contribution in [2.75, 3.05) is 25.1 Å². The van der Waals surface area contributed by atoms with Crippen molar-refractivity contribution in [2.45, 2.75) is 26.9 Å². The fraction of sp³-hybridized carbons (Fsp3) is 0.280. The first-order chi connectivity index (χ1) is 17.2. The van der Waals surface area contributed by atoms with Crippen LogP contribution in [0.2, 0.25) is 0 Å².